The van der Waals surface area contributed by atoms with Gasteiger partial charge in [0.15, 0.2) is 0 Å². The molecule has 0 bridgehead atoms. The number of nitrogens with zero attached hydrogens (tertiary/aromatic N) is 3. The molecule has 0 unspecified atom stereocenters. The van der Waals surface area contributed by atoms with E-state index in [0.29, 0.717) is 16.7 Å². The molecule has 0 atom stereocenters. The van der Waals surface area contributed by atoms with Gasteiger partial charge in [-0.1, -0.05) is 17.7 Å². The number of rotatable bonds is 5. The first-order valence-electron chi connectivity index (χ1n) is 8.51. The van der Waals surface area contributed by atoms with Crippen LogP contribution < -0.4 is 5.32 Å². The Morgan fingerprint density at radius 1 is 1.00 bits per heavy atom. The summed E-state index contributed by atoms with van der Waals surface area (Å²) in [5.41, 5.74) is 4.72. The van der Waals surface area contributed by atoms with Crippen LogP contribution in [0.5, 0.6) is 0 Å². The van der Waals surface area contributed by atoms with Gasteiger partial charge in [0, 0.05) is 5.69 Å². The summed E-state index contributed by atoms with van der Waals surface area (Å²) in [6.07, 6.45) is 1.04. The van der Waals surface area contributed by atoms with Crippen LogP contribution in [0.15, 0.2) is 48.2 Å². The Morgan fingerprint density at radius 2 is 1.64 bits per heavy atom. The molecule has 8 nitrogen and oxygen atoms in total. The minimum absolute atomic E-state index is 0.0391. The first kappa shape index (κ1) is 19.1. The van der Waals surface area contributed by atoms with Gasteiger partial charge in [-0.15, -0.1) is 10.2 Å². The van der Waals surface area contributed by atoms with Crippen molar-refractivity contribution in [2.45, 2.75) is 13.8 Å². The van der Waals surface area contributed by atoms with Crippen LogP contribution >= 0.6 is 0 Å². The Labute approximate surface area is 161 Å². The number of aromatic nitrogens is 3. The van der Waals surface area contributed by atoms with Crippen molar-refractivity contribution in [2.75, 3.05) is 19.5 Å². The summed E-state index contributed by atoms with van der Waals surface area (Å²) in [4.78, 5) is 25.1. The van der Waals surface area contributed by atoms with Crippen LogP contribution in [0.3, 0.4) is 0 Å². The maximum absolute atomic E-state index is 12.0. The first-order valence-corrected chi connectivity index (χ1v) is 8.51. The average molecular weight is 380 g/mol. The van der Waals surface area contributed by atoms with E-state index in [1.165, 1.54) is 14.2 Å². The van der Waals surface area contributed by atoms with Gasteiger partial charge in [0.2, 0.25) is 0 Å². The molecule has 28 heavy (non-hydrogen) atoms. The molecule has 0 fully saturated rings. The van der Waals surface area contributed by atoms with E-state index in [1.807, 2.05) is 44.2 Å². The van der Waals surface area contributed by atoms with Gasteiger partial charge in [0.1, 0.15) is 16.7 Å². The van der Waals surface area contributed by atoms with Crippen molar-refractivity contribution >= 4 is 28.7 Å². The van der Waals surface area contributed by atoms with E-state index >= 15 is 0 Å². The monoisotopic (exact) mass is 380 g/mol. The van der Waals surface area contributed by atoms with Crippen LogP contribution in [0.25, 0.3) is 16.7 Å². The third kappa shape index (κ3) is 4.01. The molecule has 0 aliphatic carbocycles. The number of esters is 2. The predicted molar refractivity (Wildman–Crippen MR) is 104 cm³/mol. The molecule has 144 valence electrons. The number of aryl methyl sites for hydroxylation is 2. The molecule has 2 aromatic carbocycles. The van der Waals surface area contributed by atoms with Gasteiger partial charge in [-0.2, -0.15) is 4.80 Å². The van der Waals surface area contributed by atoms with Crippen LogP contribution in [0.1, 0.15) is 11.1 Å². The SMILES string of the molecule is COC(=O)/C=C(/Nc1cc2nn(-c3ccc(C)cc3)nc2cc1C)C(=O)OC. The largest absolute Gasteiger partial charge is 0.466 e. The summed E-state index contributed by atoms with van der Waals surface area (Å²) in [6.45, 7) is 3.87. The van der Waals surface area contributed by atoms with Gasteiger partial charge in [-0.05, 0) is 43.7 Å². The van der Waals surface area contributed by atoms with Crippen LogP contribution in [0.4, 0.5) is 5.69 Å². The van der Waals surface area contributed by atoms with E-state index in [4.69, 9.17) is 4.74 Å². The summed E-state index contributed by atoms with van der Waals surface area (Å²) < 4.78 is 9.30. The van der Waals surface area contributed by atoms with Crippen LogP contribution in [-0.2, 0) is 19.1 Å². The number of nitrogens with one attached hydrogen (secondary N) is 1. The van der Waals surface area contributed by atoms with Crippen molar-refractivity contribution in [3.63, 3.8) is 0 Å². The van der Waals surface area contributed by atoms with Crippen molar-refractivity contribution in [1.29, 1.82) is 0 Å². The second kappa shape index (κ2) is 7.91. The predicted octanol–water partition coefficient (Wildman–Crippen LogP) is 2.68. The van der Waals surface area contributed by atoms with E-state index < -0.39 is 11.9 Å². The molecule has 0 aliphatic heterocycles. The highest BCUT2D eigenvalue weighted by molar-refractivity contribution is 5.99. The molecular formula is C20H20N4O4. The summed E-state index contributed by atoms with van der Waals surface area (Å²) in [5, 5.41) is 11.9. The second-order valence-corrected chi connectivity index (χ2v) is 6.18. The lowest BCUT2D eigenvalue weighted by Gasteiger charge is -2.11. The highest BCUT2D eigenvalue weighted by atomic mass is 16.5. The number of ether oxygens (including phenoxy) is 2. The number of fused-ring (bicyclic) bond motifs is 1. The van der Waals surface area contributed by atoms with E-state index in [2.05, 4.69) is 20.3 Å². The Kier molecular flexibility index (Phi) is 5.39. The molecular weight excluding hydrogens is 360 g/mol. The molecule has 0 saturated heterocycles. The van der Waals surface area contributed by atoms with Gasteiger partial charge in [-0.25, -0.2) is 9.59 Å². The zero-order chi connectivity index (χ0) is 20.3. The fraction of sp³-hybridized carbons (Fsp3) is 0.200. The Balaban J connectivity index is 1.98. The van der Waals surface area contributed by atoms with E-state index in [1.54, 1.807) is 10.9 Å². The molecule has 0 amide bonds. The number of hydrogen-bond acceptors (Lipinski definition) is 7. The fourth-order valence-corrected chi connectivity index (χ4v) is 2.57. The molecule has 0 saturated carbocycles. The first-order chi connectivity index (χ1) is 13.4. The highest BCUT2D eigenvalue weighted by Gasteiger charge is 2.15. The lowest BCUT2D eigenvalue weighted by molar-refractivity contribution is -0.138. The van der Waals surface area contributed by atoms with Crippen LogP contribution in [0, 0.1) is 13.8 Å². The number of anilines is 1. The Bertz CT molecular complexity index is 1070. The van der Waals surface area contributed by atoms with Crippen LogP contribution in [0.2, 0.25) is 0 Å². The van der Waals surface area contributed by atoms with Gasteiger partial charge in [0.25, 0.3) is 0 Å². The molecule has 8 heteroatoms. The lowest BCUT2D eigenvalue weighted by Crippen LogP contribution is -2.16. The molecule has 0 spiro atoms. The molecule has 3 rings (SSSR count). The number of benzene rings is 2. The number of hydrogen-bond donors (Lipinski definition) is 1. The number of carbonyl (C=O) groups excluding carboxylic acids is 2. The zero-order valence-corrected chi connectivity index (χ0v) is 16.0. The minimum Gasteiger partial charge on any atom is -0.466 e. The molecule has 0 radical (unpaired) electrons. The fourth-order valence-electron chi connectivity index (χ4n) is 2.57. The topological polar surface area (TPSA) is 95.3 Å². The van der Waals surface area contributed by atoms with E-state index in [0.717, 1.165) is 22.9 Å². The lowest BCUT2D eigenvalue weighted by atomic mass is 10.1. The summed E-state index contributed by atoms with van der Waals surface area (Å²) >= 11 is 0. The minimum atomic E-state index is -0.687. The van der Waals surface area contributed by atoms with E-state index in [-0.39, 0.29) is 5.70 Å². The third-order valence-electron chi connectivity index (χ3n) is 4.13. The van der Waals surface area contributed by atoms with Crippen molar-refractivity contribution in [3.8, 4) is 5.69 Å². The number of methoxy groups -OCH3 is 2. The number of carbonyl (C=O) groups is 2. The van der Waals surface area contributed by atoms with Crippen molar-refractivity contribution in [2.24, 2.45) is 0 Å². The van der Waals surface area contributed by atoms with Crippen LogP contribution in [-0.4, -0.2) is 41.2 Å². The van der Waals surface area contributed by atoms with Crippen molar-refractivity contribution in [1.82, 2.24) is 15.0 Å². The van der Waals surface area contributed by atoms with Gasteiger partial charge in [-0.3, -0.25) is 0 Å². The summed E-state index contributed by atoms with van der Waals surface area (Å²) in [7, 11) is 2.47. The summed E-state index contributed by atoms with van der Waals surface area (Å²) in [6, 6.07) is 11.5. The van der Waals surface area contributed by atoms with E-state index in [9.17, 15) is 9.59 Å². The zero-order valence-electron chi connectivity index (χ0n) is 16.0. The molecule has 3 aromatic rings. The Morgan fingerprint density at radius 3 is 2.25 bits per heavy atom. The smallest absolute Gasteiger partial charge is 0.354 e. The van der Waals surface area contributed by atoms with Gasteiger partial charge >= 0.3 is 11.9 Å². The molecule has 0 aliphatic rings. The standard InChI is InChI=1S/C20H20N4O4/c1-12-5-7-14(8-6-12)24-22-16-9-13(2)15(10-17(16)23-24)21-18(20(26)28-4)11-19(25)27-3/h5-11,21H,1-4H3/b18-11+. The van der Waals surface area contributed by atoms with Crippen molar-refractivity contribution < 1.29 is 19.1 Å². The maximum atomic E-state index is 12.0. The molecule has 1 heterocycles. The van der Waals surface area contributed by atoms with Gasteiger partial charge in [0.05, 0.1) is 26.0 Å². The Hall–Kier alpha value is -3.68. The normalized spacial score (nSPS) is 11.4. The third-order valence-corrected chi connectivity index (χ3v) is 4.13. The average Bonchev–Trinajstić information content (AvgIpc) is 3.09. The highest BCUT2D eigenvalue weighted by Crippen LogP contribution is 2.23. The maximum Gasteiger partial charge on any atom is 0.354 e. The quantitative estimate of drug-likeness (QED) is 0.537. The van der Waals surface area contributed by atoms with Gasteiger partial charge < -0.3 is 14.8 Å². The molecule has 1 aromatic heterocycles. The second-order valence-electron chi connectivity index (χ2n) is 6.18. The summed E-state index contributed by atoms with van der Waals surface area (Å²) in [5.74, 6) is -1.36. The molecule has 1 N–H and O–H groups in total. The van der Waals surface area contributed by atoms with Crippen molar-refractivity contribution in [3.05, 3.63) is 59.3 Å².